The lowest BCUT2D eigenvalue weighted by atomic mass is 9.29. The van der Waals surface area contributed by atoms with E-state index in [1.165, 1.54) is 6.42 Å². The molecule has 3 nitrogen and oxygen atoms in total. The molecule has 0 aromatic carbocycles. The summed E-state index contributed by atoms with van der Waals surface area (Å²) in [6.45, 7) is 7.67. The summed E-state index contributed by atoms with van der Waals surface area (Å²) in [4.78, 5) is 22.3. The van der Waals surface area contributed by atoms with E-state index >= 15 is 0 Å². The van der Waals surface area contributed by atoms with Crippen LogP contribution in [0.5, 0.6) is 0 Å². The number of carbonyl (C=O) groups is 2. The fourth-order valence-corrected chi connectivity index (χ4v) is 3.97. The van der Waals surface area contributed by atoms with Crippen molar-refractivity contribution in [3.8, 4) is 0 Å². The standard InChI is InChI=1S/C19H41B5O3/c1-16(2,13-25)9-5-7-11-18(21,22)14(20)19(23,24)12-8-6-10-17(3,4)15(26)27/h13-14H,5-12,20-24H2,1-4H3,(H,26,27). The van der Waals surface area contributed by atoms with Crippen LogP contribution in [0, 0.1) is 10.8 Å². The Morgan fingerprint density at radius 2 is 1.22 bits per heavy atom. The van der Waals surface area contributed by atoms with E-state index in [9.17, 15) is 14.7 Å². The molecule has 0 aliphatic heterocycles. The van der Waals surface area contributed by atoms with Crippen molar-refractivity contribution in [3.63, 3.8) is 0 Å². The zero-order chi connectivity index (χ0) is 21.5. The highest BCUT2D eigenvalue weighted by Crippen LogP contribution is 2.51. The van der Waals surface area contributed by atoms with E-state index in [0.29, 0.717) is 5.82 Å². The van der Waals surface area contributed by atoms with Gasteiger partial charge in [0.2, 0.25) is 0 Å². The zero-order valence-corrected chi connectivity index (χ0v) is 19.6. The normalized spacial score (nSPS) is 14.7. The van der Waals surface area contributed by atoms with E-state index in [4.69, 9.17) is 0 Å². The summed E-state index contributed by atoms with van der Waals surface area (Å²) >= 11 is 0. The van der Waals surface area contributed by atoms with E-state index in [-0.39, 0.29) is 15.8 Å². The van der Waals surface area contributed by atoms with Gasteiger partial charge in [-0.05, 0) is 26.7 Å². The Bertz CT molecular complexity index is 490. The Morgan fingerprint density at radius 1 is 0.852 bits per heavy atom. The molecule has 0 fully saturated rings. The molecule has 1 unspecified atom stereocenters. The topological polar surface area (TPSA) is 54.4 Å². The highest BCUT2D eigenvalue weighted by molar-refractivity contribution is 6.50. The minimum Gasteiger partial charge on any atom is -0.481 e. The Kier molecular flexibility index (Phi) is 10.1. The maximum atomic E-state index is 11.2. The smallest absolute Gasteiger partial charge is 0.309 e. The summed E-state index contributed by atoms with van der Waals surface area (Å²) in [6.07, 6.45) is 9.41. The Morgan fingerprint density at radius 3 is 1.59 bits per heavy atom. The first-order valence-electron chi connectivity index (χ1n) is 10.8. The molecule has 0 aromatic heterocycles. The molecule has 0 amide bonds. The first kappa shape index (κ1) is 26.5. The van der Waals surface area contributed by atoms with Crippen molar-refractivity contribution in [2.75, 3.05) is 0 Å². The summed E-state index contributed by atoms with van der Waals surface area (Å²) < 4.78 is 0. The molecule has 0 saturated carbocycles. The molecule has 0 aliphatic carbocycles. The molecular weight excluding hydrogens is 330 g/mol. The molecule has 0 bridgehead atoms. The van der Waals surface area contributed by atoms with Crippen LogP contribution in [-0.2, 0) is 9.59 Å². The van der Waals surface area contributed by atoms with Gasteiger partial charge in [0.25, 0.3) is 0 Å². The van der Waals surface area contributed by atoms with Crippen molar-refractivity contribution in [2.45, 2.75) is 95.3 Å². The lowest BCUT2D eigenvalue weighted by Gasteiger charge is -2.44. The van der Waals surface area contributed by atoms with Gasteiger partial charge in [0.15, 0.2) is 0 Å². The van der Waals surface area contributed by atoms with Crippen LogP contribution < -0.4 is 0 Å². The van der Waals surface area contributed by atoms with Crippen LogP contribution in [0.25, 0.3) is 0 Å². The van der Waals surface area contributed by atoms with E-state index in [2.05, 4.69) is 39.2 Å². The Balaban J connectivity index is 4.48. The highest BCUT2D eigenvalue weighted by Gasteiger charge is 2.36. The van der Waals surface area contributed by atoms with Gasteiger partial charge in [-0.15, -0.1) is 0 Å². The third-order valence-electron chi connectivity index (χ3n) is 7.01. The van der Waals surface area contributed by atoms with Gasteiger partial charge in [-0.25, -0.2) is 0 Å². The summed E-state index contributed by atoms with van der Waals surface area (Å²) in [5, 5.41) is 9.74. The van der Waals surface area contributed by atoms with Gasteiger partial charge >= 0.3 is 5.97 Å². The summed E-state index contributed by atoms with van der Waals surface area (Å²) in [5.41, 5.74) is -0.816. The van der Waals surface area contributed by atoms with Crippen molar-refractivity contribution < 1.29 is 14.7 Å². The number of unbranched alkanes of at least 4 members (excludes halogenated alkanes) is 2. The summed E-state index contributed by atoms with van der Waals surface area (Å²) in [7, 11) is 11.8. The lowest BCUT2D eigenvalue weighted by molar-refractivity contribution is -0.147. The number of hydrogen-bond donors (Lipinski definition) is 1. The number of hydrogen-bond acceptors (Lipinski definition) is 2. The van der Waals surface area contributed by atoms with Crippen LogP contribution in [0.4, 0.5) is 0 Å². The molecule has 0 aliphatic rings. The number of carboxylic acid groups (broad SMARTS) is 1. The number of aliphatic carboxylic acids is 1. The van der Waals surface area contributed by atoms with Crippen molar-refractivity contribution in [3.05, 3.63) is 0 Å². The van der Waals surface area contributed by atoms with Gasteiger partial charge in [-0.2, -0.15) is 0 Å². The first-order chi connectivity index (χ1) is 12.1. The van der Waals surface area contributed by atoms with Crippen LogP contribution in [0.3, 0.4) is 0 Å². The average Bonchev–Trinajstić information content (AvgIpc) is 2.55. The molecule has 0 saturated heterocycles. The average molecular weight is 372 g/mol. The fraction of sp³-hybridized carbons (Fsp3) is 0.895. The largest absolute Gasteiger partial charge is 0.481 e. The summed E-state index contributed by atoms with van der Waals surface area (Å²) in [6, 6.07) is 0. The number of rotatable bonds is 14. The third-order valence-corrected chi connectivity index (χ3v) is 7.01. The van der Waals surface area contributed by atoms with Crippen LogP contribution in [-0.4, -0.2) is 56.6 Å². The van der Waals surface area contributed by atoms with Gasteiger partial charge < -0.3 is 9.90 Å². The van der Waals surface area contributed by atoms with Crippen LogP contribution in [0.2, 0.25) is 16.2 Å². The molecule has 1 N–H and O–H groups in total. The molecule has 1 atom stereocenters. The molecule has 27 heavy (non-hydrogen) atoms. The molecule has 0 spiro atoms. The van der Waals surface area contributed by atoms with Crippen molar-refractivity contribution in [1.29, 1.82) is 0 Å². The number of carboxylic acids is 1. The highest BCUT2D eigenvalue weighted by atomic mass is 16.4. The first-order valence-corrected chi connectivity index (χ1v) is 10.8. The van der Waals surface area contributed by atoms with E-state index in [1.807, 2.05) is 27.7 Å². The van der Waals surface area contributed by atoms with Gasteiger partial charge in [0, 0.05) is 5.41 Å². The SMILES string of the molecule is BC(C(B)(B)CCCCC(C)(C)C=O)C(B)(B)CCCCC(C)(C)C(=O)O. The van der Waals surface area contributed by atoms with E-state index in [0.717, 1.165) is 51.2 Å². The summed E-state index contributed by atoms with van der Waals surface area (Å²) in [5.74, 6) is -0.120. The van der Waals surface area contributed by atoms with Crippen molar-refractivity contribution in [1.82, 2.24) is 0 Å². The molecule has 8 heteroatoms. The molecular formula is C19H41B5O3. The van der Waals surface area contributed by atoms with E-state index in [1.54, 1.807) is 0 Å². The number of carbonyl (C=O) groups excluding carboxylic acids is 1. The fourth-order valence-electron chi connectivity index (χ4n) is 3.97. The van der Waals surface area contributed by atoms with Gasteiger partial charge in [-0.3, -0.25) is 4.79 Å². The second-order valence-corrected chi connectivity index (χ2v) is 11.4. The Hall–Kier alpha value is -0.535. The molecule has 0 aromatic rings. The predicted molar refractivity (Wildman–Crippen MR) is 130 cm³/mol. The van der Waals surface area contributed by atoms with Crippen molar-refractivity contribution in [2.24, 2.45) is 10.8 Å². The molecule has 150 valence electrons. The van der Waals surface area contributed by atoms with Gasteiger partial charge in [0.1, 0.15) is 14.1 Å². The minimum absolute atomic E-state index is 0.196. The quantitative estimate of drug-likeness (QED) is 0.277. The van der Waals surface area contributed by atoms with Crippen LogP contribution >= 0.6 is 0 Å². The maximum Gasteiger partial charge on any atom is 0.309 e. The lowest BCUT2D eigenvalue weighted by Crippen LogP contribution is -2.32. The van der Waals surface area contributed by atoms with Gasteiger partial charge in [-0.1, -0.05) is 68.6 Å². The van der Waals surface area contributed by atoms with E-state index < -0.39 is 11.4 Å². The van der Waals surface area contributed by atoms with Crippen LogP contribution in [0.1, 0.15) is 79.1 Å². The second-order valence-electron chi connectivity index (χ2n) is 11.4. The zero-order valence-electron chi connectivity index (χ0n) is 19.6. The Labute approximate surface area is 172 Å². The second kappa shape index (κ2) is 10.3. The number of aldehydes is 1. The van der Waals surface area contributed by atoms with Gasteiger partial charge in [0.05, 0.1) is 36.8 Å². The third kappa shape index (κ3) is 9.48. The minimum atomic E-state index is -0.700. The maximum absolute atomic E-state index is 11.2. The monoisotopic (exact) mass is 372 g/mol. The predicted octanol–water partition coefficient (Wildman–Crippen LogP) is 0.629. The molecule has 0 rings (SSSR count). The molecule has 0 heterocycles. The van der Waals surface area contributed by atoms with Crippen molar-refractivity contribution >= 4 is 51.5 Å². The van der Waals surface area contributed by atoms with Crippen LogP contribution in [0.15, 0.2) is 0 Å². The molecule has 0 radical (unpaired) electrons.